The van der Waals surface area contributed by atoms with Crippen LogP contribution in [0.25, 0.3) is 0 Å². The first-order valence-corrected chi connectivity index (χ1v) is 8.94. The maximum Gasteiger partial charge on any atom is 0.252 e. The lowest BCUT2D eigenvalue weighted by atomic mass is 10.1. The minimum absolute atomic E-state index is 0.171. The van der Waals surface area contributed by atoms with E-state index >= 15 is 0 Å². The predicted octanol–water partition coefficient (Wildman–Crippen LogP) is 3.73. The third-order valence-corrected chi connectivity index (χ3v) is 4.65. The van der Waals surface area contributed by atoms with Gasteiger partial charge in [-0.2, -0.15) is 0 Å². The third-order valence-electron chi connectivity index (χ3n) is 3.76. The van der Waals surface area contributed by atoms with Gasteiger partial charge in [0.25, 0.3) is 5.91 Å². The van der Waals surface area contributed by atoms with Crippen molar-refractivity contribution in [3.05, 3.63) is 50.6 Å². The van der Waals surface area contributed by atoms with Gasteiger partial charge in [0.2, 0.25) is 0 Å². The number of amides is 1. The van der Waals surface area contributed by atoms with Crippen molar-refractivity contribution in [2.45, 2.75) is 13.8 Å². The van der Waals surface area contributed by atoms with E-state index in [4.69, 9.17) is 14.2 Å². The lowest BCUT2D eigenvalue weighted by Crippen LogP contribution is -2.29. The Bertz CT molecular complexity index is 741. The number of para-hydroxylation sites is 1. The Kier molecular flexibility index (Phi) is 6.92. The first-order valence-electron chi connectivity index (χ1n) is 7.86. The van der Waals surface area contributed by atoms with Gasteiger partial charge in [0, 0.05) is 3.57 Å². The van der Waals surface area contributed by atoms with Gasteiger partial charge < -0.3 is 19.5 Å². The second kappa shape index (κ2) is 8.94. The fraction of sp³-hybridized carbons (Fsp3) is 0.316. The van der Waals surface area contributed by atoms with E-state index in [9.17, 15) is 4.79 Å². The number of carbonyl (C=O) groups is 1. The first kappa shape index (κ1) is 19.4. The number of hydrogen-bond acceptors (Lipinski definition) is 4. The monoisotopic (exact) mass is 455 g/mol. The molecule has 0 spiro atoms. The topological polar surface area (TPSA) is 56.8 Å². The SMILES string of the molecule is COc1cc(I)c(C(=O)NCCOc2c(C)cccc2C)cc1OC. The van der Waals surface area contributed by atoms with Crippen LogP contribution in [-0.4, -0.2) is 33.3 Å². The second-order valence-electron chi connectivity index (χ2n) is 5.51. The van der Waals surface area contributed by atoms with Gasteiger partial charge in [0.1, 0.15) is 12.4 Å². The Morgan fingerprint density at radius 3 is 2.28 bits per heavy atom. The van der Waals surface area contributed by atoms with Gasteiger partial charge in [0.05, 0.1) is 26.3 Å². The molecule has 1 amide bonds. The zero-order chi connectivity index (χ0) is 18.4. The van der Waals surface area contributed by atoms with Crippen LogP contribution in [0.1, 0.15) is 21.5 Å². The van der Waals surface area contributed by atoms with E-state index in [0.29, 0.717) is 30.2 Å². The Morgan fingerprint density at radius 1 is 1.08 bits per heavy atom. The maximum absolute atomic E-state index is 12.4. The summed E-state index contributed by atoms with van der Waals surface area (Å²) in [7, 11) is 3.11. The molecule has 0 bridgehead atoms. The molecule has 0 saturated carbocycles. The van der Waals surface area contributed by atoms with E-state index in [1.807, 2.05) is 32.0 Å². The number of carbonyl (C=O) groups excluding carboxylic acids is 1. The first-order chi connectivity index (χ1) is 12.0. The summed E-state index contributed by atoms with van der Waals surface area (Å²) in [5, 5.41) is 2.87. The molecule has 0 fully saturated rings. The van der Waals surface area contributed by atoms with Crippen LogP contribution < -0.4 is 19.5 Å². The summed E-state index contributed by atoms with van der Waals surface area (Å²) in [6.45, 7) is 4.83. The smallest absolute Gasteiger partial charge is 0.252 e. The summed E-state index contributed by atoms with van der Waals surface area (Å²) < 4.78 is 17.1. The molecule has 0 aliphatic carbocycles. The zero-order valence-corrected chi connectivity index (χ0v) is 17.0. The highest BCUT2D eigenvalue weighted by Crippen LogP contribution is 2.31. The normalized spacial score (nSPS) is 10.3. The minimum atomic E-state index is -0.171. The van der Waals surface area contributed by atoms with Crippen LogP contribution in [0.5, 0.6) is 17.2 Å². The van der Waals surface area contributed by atoms with Crippen LogP contribution in [0.3, 0.4) is 0 Å². The Labute approximate surface area is 161 Å². The van der Waals surface area contributed by atoms with Crippen molar-refractivity contribution in [2.24, 2.45) is 0 Å². The van der Waals surface area contributed by atoms with Crippen LogP contribution in [0, 0.1) is 17.4 Å². The lowest BCUT2D eigenvalue weighted by molar-refractivity contribution is 0.0945. The maximum atomic E-state index is 12.4. The van der Waals surface area contributed by atoms with Crippen LogP contribution >= 0.6 is 22.6 Å². The third kappa shape index (κ3) is 4.78. The molecule has 0 aromatic heterocycles. The second-order valence-corrected chi connectivity index (χ2v) is 6.67. The molecular weight excluding hydrogens is 433 g/mol. The molecule has 2 aromatic rings. The van der Waals surface area contributed by atoms with Gasteiger partial charge in [-0.1, -0.05) is 18.2 Å². The largest absolute Gasteiger partial charge is 0.493 e. The fourth-order valence-corrected chi connectivity index (χ4v) is 3.15. The molecule has 0 atom stereocenters. The molecule has 0 heterocycles. The molecule has 0 aliphatic rings. The molecule has 6 heteroatoms. The number of ether oxygens (including phenoxy) is 3. The number of halogens is 1. The van der Waals surface area contributed by atoms with Gasteiger partial charge >= 0.3 is 0 Å². The molecule has 0 radical (unpaired) electrons. The summed E-state index contributed by atoms with van der Waals surface area (Å²) in [5.41, 5.74) is 2.71. The number of methoxy groups -OCH3 is 2. The summed E-state index contributed by atoms with van der Waals surface area (Å²) >= 11 is 2.11. The van der Waals surface area contributed by atoms with Gasteiger partial charge in [-0.3, -0.25) is 4.79 Å². The van der Waals surface area contributed by atoms with Gasteiger partial charge in [-0.15, -0.1) is 0 Å². The summed E-state index contributed by atoms with van der Waals surface area (Å²) in [6, 6.07) is 9.47. The van der Waals surface area contributed by atoms with Crippen molar-refractivity contribution >= 4 is 28.5 Å². The summed E-state index contributed by atoms with van der Waals surface area (Å²) in [6.07, 6.45) is 0. The average Bonchev–Trinajstić information content (AvgIpc) is 2.60. The average molecular weight is 455 g/mol. The lowest BCUT2D eigenvalue weighted by Gasteiger charge is -2.14. The van der Waals surface area contributed by atoms with E-state index in [2.05, 4.69) is 27.9 Å². The predicted molar refractivity (Wildman–Crippen MR) is 106 cm³/mol. The van der Waals surface area contributed by atoms with Gasteiger partial charge in [-0.05, 0) is 59.7 Å². The highest BCUT2D eigenvalue weighted by Gasteiger charge is 2.15. The van der Waals surface area contributed by atoms with Crippen molar-refractivity contribution in [1.29, 1.82) is 0 Å². The molecule has 5 nitrogen and oxygen atoms in total. The molecule has 25 heavy (non-hydrogen) atoms. The molecule has 0 saturated heterocycles. The number of benzene rings is 2. The molecular formula is C19H22INO4. The minimum Gasteiger partial charge on any atom is -0.493 e. The number of aryl methyl sites for hydroxylation is 2. The molecule has 2 aromatic carbocycles. The van der Waals surface area contributed by atoms with Crippen molar-refractivity contribution in [3.63, 3.8) is 0 Å². The van der Waals surface area contributed by atoms with E-state index in [-0.39, 0.29) is 5.91 Å². The quantitative estimate of drug-likeness (QED) is 0.511. The zero-order valence-electron chi connectivity index (χ0n) is 14.8. The van der Waals surface area contributed by atoms with Crippen LogP contribution in [-0.2, 0) is 0 Å². The standard InChI is InChI=1S/C19H22INO4/c1-12-6-5-7-13(2)18(12)25-9-8-21-19(22)14-10-16(23-3)17(24-4)11-15(14)20/h5-7,10-11H,8-9H2,1-4H3,(H,21,22). The Morgan fingerprint density at radius 2 is 1.68 bits per heavy atom. The molecule has 1 N–H and O–H groups in total. The molecule has 134 valence electrons. The van der Waals surface area contributed by atoms with Crippen molar-refractivity contribution < 1.29 is 19.0 Å². The van der Waals surface area contributed by atoms with E-state index in [1.165, 1.54) is 0 Å². The Balaban J connectivity index is 1.97. The number of hydrogen-bond donors (Lipinski definition) is 1. The molecule has 0 aliphatic heterocycles. The fourth-order valence-electron chi connectivity index (χ4n) is 2.47. The van der Waals surface area contributed by atoms with Gasteiger partial charge in [0.15, 0.2) is 11.5 Å². The number of rotatable bonds is 7. The van der Waals surface area contributed by atoms with E-state index in [1.54, 1.807) is 26.4 Å². The highest BCUT2D eigenvalue weighted by atomic mass is 127. The van der Waals surface area contributed by atoms with Crippen LogP contribution in [0.4, 0.5) is 0 Å². The Hall–Kier alpha value is -1.96. The van der Waals surface area contributed by atoms with Crippen molar-refractivity contribution in [1.82, 2.24) is 5.32 Å². The van der Waals surface area contributed by atoms with E-state index < -0.39 is 0 Å². The summed E-state index contributed by atoms with van der Waals surface area (Å²) in [4.78, 5) is 12.4. The van der Waals surface area contributed by atoms with Crippen LogP contribution in [0.15, 0.2) is 30.3 Å². The number of nitrogens with one attached hydrogen (secondary N) is 1. The van der Waals surface area contributed by atoms with Gasteiger partial charge in [-0.25, -0.2) is 0 Å². The highest BCUT2D eigenvalue weighted by molar-refractivity contribution is 14.1. The van der Waals surface area contributed by atoms with E-state index in [0.717, 1.165) is 20.4 Å². The molecule has 0 unspecified atom stereocenters. The van der Waals surface area contributed by atoms with Crippen molar-refractivity contribution in [2.75, 3.05) is 27.4 Å². The van der Waals surface area contributed by atoms with Crippen LogP contribution in [0.2, 0.25) is 0 Å². The summed E-state index contributed by atoms with van der Waals surface area (Å²) in [5.74, 6) is 1.83. The molecule has 2 rings (SSSR count). The van der Waals surface area contributed by atoms with Crippen molar-refractivity contribution in [3.8, 4) is 17.2 Å².